The van der Waals surface area contributed by atoms with Gasteiger partial charge >= 0.3 is 6.18 Å². The van der Waals surface area contributed by atoms with Gasteiger partial charge in [-0.15, -0.1) is 11.3 Å². The van der Waals surface area contributed by atoms with Crippen LogP contribution in [0.1, 0.15) is 20.8 Å². The van der Waals surface area contributed by atoms with Crippen LogP contribution in [-0.4, -0.2) is 67.7 Å². The molecule has 0 radical (unpaired) electrons. The first-order chi connectivity index (χ1) is 17.5. The molecule has 1 aliphatic rings. The summed E-state index contributed by atoms with van der Waals surface area (Å²) in [6, 6.07) is 13.2. The molecule has 1 amide bonds. The summed E-state index contributed by atoms with van der Waals surface area (Å²) < 4.78 is 79.5. The lowest BCUT2D eigenvalue weighted by molar-refractivity contribution is -0.137. The molecule has 0 unspecified atom stereocenters. The number of carbonyl (C=O) groups excluding carboxylic acids is 1. The smallest absolute Gasteiger partial charge is 0.332 e. The number of thiophene rings is 1. The molecule has 4 rings (SSSR count). The average molecular weight is 556 g/mol. The maximum absolute atomic E-state index is 13.3. The van der Waals surface area contributed by atoms with Gasteiger partial charge in [0.15, 0.2) is 0 Å². The molecule has 0 N–H and O–H groups in total. The maximum Gasteiger partial charge on any atom is 0.416 e. The summed E-state index contributed by atoms with van der Waals surface area (Å²) in [5.74, 6) is -0.511. The van der Waals surface area contributed by atoms with Gasteiger partial charge in [-0.25, -0.2) is 12.8 Å². The Labute approximate surface area is 216 Å². The Morgan fingerprint density at radius 1 is 0.973 bits per heavy atom. The normalized spacial score (nSPS) is 15.6. The molecule has 1 fully saturated rings. The van der Waals surface area contributed by atoms with E-state index in [1.807, 2.05) is 10.3 Å². The predicted octanol–water partition coefficient (Wildman–Crippen LogP) is 4.55. The first-order valence-electron chi connectivity index (χ1n) is 11.5. The van der Waals surface area contributed by atoms with Crippen LogP contribution in [0.3, 0.4) is 0 Å². The van der Waals surface area contributed by atoms with Gasteiger partial charge in [0.1, 0.15) is 5.82 Å². The van der Waals surface area contributed by atoms with Crippen LogP contribution in [-0.2, 0) is 22.7 Å². The van der Waals surface area contributed by atoms with E-state index in [9.17, 15) is 30.8 Å². The minimum atomic E-state index is -4.63. The summed E-state index contributed by atoms with van der Waals surface area (Å²) >= 11 is 1.33. The molecule has 3 aromatic rings. The fourth-order valence-corrected chi connectivity index (χ4v) is 6.22. The van der Waals surface area contributed by atoms with Gasteiger partial charge in [0, 0.05) is 45.8 Å². The largest absolute Gasteiger partial charge is 0.416 e. The van der Waals surface area contributed by atoms with Crippen molar-refractivity contribution >= 4 is 27.3 Å². The predicted molar refractivity (Wildman–Crippen MR) is 132 cm³/mol. The maximum atomic E-state index is 13.3. The quantitative estimate of drug-likeness (QED) is 0.383. The zero-order valence-electron chi connectivity index (χ0n) is 19.7. The number of hydrogen-bond acceptors (Lipinski definition) is 5. The number of carbonyl (C=O) groups is 1. The van der Waals surface area contributed by atoms with Gasteiger partial charge < -0.3 is 4.90 Å². The zero-order valence-corrected chi connectivity index (χ0v) is 21.3. The number of sulfonamides is 1. The summed E-state index contributed by atoms with van der Waals surface area (Å²) in [6.07, 6.45) is -4.63. The topological polar surface area (TPSA) is 60.9 Å². The average Bonchev–Trinajstić information content (AvgIpc) is 3.42. The van der Waals surface area contributed by atoms with Gasteiger partial charge in [-0.3, -0.25) is 9.69 Å². The number of alkyl halides is 3. The fourth-order valence-electron chi connectivity index (χ4n) is 4.06. The second kappa shape index (κ2) is 11.3. The third kappa shape index (κ3) is 6.75. The van der Waals surface area contributed by atoms with Crippen molar-refractivity contribution < 1.29 is 30.8 Å². The van der Waals surface area contributed by atoms with Crippen LogP contribution in [0.25, 0.3) is 0 Å². The minimum absolute atomic E-state index is 0.120. The van der Waals surface area contributed by atoms with E-state index in [4.69, 9.17) is 0 Å². The van der Waals surface area contributed by atoms with E-state index in [2.05, 4.69) is 0 Å². The molecule has 6 nitrogen and oxygen atoms in total. The van der Waals surface area contributed by atoms with Crippen molar-refractivity contribution in [3.63, 3.8) is 0 Å². The highest BCUT2D eigenvalue weighted by atomic mass is 32.2. The van der Waals surface area contributed by atoms with Crippen LogP contribution in [0.2, 0.25) is 0 Å². The van der Waals surface area contributed by atoms with Crippen LogP contribution < -0.4 is 0 Å². The van der Waals surface area contributed by atoms with E-state index in [1.165, 1.54) is 33.8 Å². The lowest BCUT2D eigenvalue weighted by atomic mass is 10.2. The Morgan fingerprint density at radius 3 is 2.30 bits per heavy atom. The molecule has 0 atom stereocenters. The van der Waals surface area contributed by atoms with Crippen molar-refractivity contribution in [1.29, 1.82) is 0 Å². The lowest BCUT2D eigenvalue weighted by Crippen LogP contribution is -2.50. The number of nitrogens with zero attached hydrogens (tertiary/aromatic N) is 3. The van der Waals surface area contributed by atoms with Gasteiger partial charge in [0.25, 0.3) is 5.91 Å². The molecule has 0 saturated carbocycles. The van der Waals surface area contributed by atoms with Gasteiger partial charge in [0.05, 0.1) is 15.3 Å². The monoisotopic (exact) mass is 555 g/mol. The van der Waals surface area contributed by atoms with Crippen LogP contribution >= 0.6 is 11.3 Å². The molecule has 0 aliphatic carbocycles. The Bertz CT molecular complexity index is 1310. The summed E-state index contributed by atoms with van der Waals surface area (Å²) in [4.78, 5) is 16.9. The van der Waals surface area contributed by atoms with Crippen molar-refractivity contribution in [3.05, 3.63) is 87.9 Å². The molecule has 1 aromatic heterocycles. The molecule has 12 heteroatoms. The molecule has 2 heterocycles. The highest BCUT2D eigenvalue weighted by Gasteiger charge is 2.34. The molecular formula is C25H25F4N3O3S2. The van der Waals surface area contributed by atoms with Crippen molar-refractivity contribution in [2.45, 2.75) is 17.6 Å². The number of hydrogen-bond donors (Lipinski definition) is 0. The molecule has 1 aliphatic heterocycles. The third-order valence-electron chi connectivity index (χ3n) is 6.12. The van der Waals surface area contributed by atoms with Gasteiger partial charge in [-0.1, -0.05) is 24.3 Å². The van der Waals surface area contributed by atoms with Crippen molar-refractivity contribution in [1.82, 2.24) is 14.1 Å². The summed E-state index contributed by atoms with van der Waals surface area (Å²) in [5.41, 5.74) is -0.229. The van der Waals surface area contributed by atoms with Crippen molar-refractivity contribution in [2.24, 2.45) is 0 Å². The van der Waals surface area contributed by atoms with Crippen LogP contribution in [0.15, 0.2) is 70.9 Å². The SMILES string of the molecule is O=C(c1cccs1)N(CCN1CCN(S(=O)(=O)c2cccc(C(F)(F)F)c2)CC1)Cc1ccc(F)cc1. The Morgan fingerprint density at radius 2 is 1.68 bits per heavy atom. The number of amides is 1. The zero-order chi connectivity index (χ0) is 26.6. The van der Waals surface area contributed by atoms with E-state index in [0.29, 0.717) is 43.7 Å². The minimum Gasteiger partial charge on any atom is -0.332 e. The van der Waals surface area contributed by atoms with Gasteiger partial charge in [-0.2, -0.15) is 17.5 Å². The standard InChI is InChI=1S/C25H25F4N3O3S2/c26-21-8-6-19(7-9-21)18-31(24(33)23-5-2-16-36-23)13-10-30-11-14-32(15-12-30)37(34,35)22-4-1-3-20(17-22)25(27,28)29/h1-9,16-17H,10-15,18H2. The first-order valence-corrected chi connectivity index (χ1v) is 13.8. The van der Waals surface area contributed by atoms with Gasteiger partial charge in [-0.05, 0) is 47.3 Å². The van der Waals surface area contributed by atoms with Crippen LogP contribution in [0.5, 0.6) is 0 Å². The fraction of sp³-hybridized carbons (Fsp3) is 0.320. The molecule has 37 heavy (non-hydrogen) atoms. The molecule has 0 bridgehead atoms. The van der Waals surface area contributed by atoms with E-state index in [1.54, 1.807) is 29.2 Å². The number of rotatable bonds is 8. The van der Waals surface area contributed by atoms with E-state index >= 15 is 0 Å². The first kappa shape index (κ1) is 27.2. The number of benzene rings is 2. The molecular weight excluding hydrogens is 530 g/mol. The Hall–Kier alpha value is -2.80. The highest BCUT2D eigenvalue weighted by Crippen LogP contribution is 2.31. The van der Waals surface area contributed by atoms with E-state index in [0.717, 1.165) is 17.7 Å². The van der Waals surface area contributed by atoms with Crippen LogP contribution in [0, 0.1) is 5.82 Å². The highest BCUT2D eigenvalue weighted by molar-refractivity contribution is 7.89. The molecule has 198 valence electrons. The second-order valence-electron chi connectivity index (χ2n) is 8.60. The number of halogens is 4. The second-order valence-corrected chi connectivity index (χ2v) is 11.5. The van der Waals surface area contributed by atoms with E-state index < -0.39 is 21.8 Å². The van der Waals surface area contributed by atoms with Gasteiger partial charge in [0.2, 0.25) is 10.0 Å². The molecule has 0 spiro atoms. The summed E-state index contributed by atoms with van der Waals surface area (Å²) in [6.45, 7) is 2.13. The number of piperazine rings is 1. The van der Waals surface area contributed by atoms with Crippen molar-refractivity contribution in [3.8, 4) is 0 Å². The van der Waals surface area contributed by atoms with Crippen molar-refractivity contribution in [2.75, 3.05) is 39.3 Å². The third-order valence-corrected chi connectivity index (χ3v) is 8.87. The summed E-state index contributed by atoms with van der Waals surface area (Å²) in [7, 11) is -4.07. The lowest BCUT2D eigenvalue weighted by Gasteiger charge is -2.35. The Kier molecular flexibility index (Phi) is 8.32. The van der Waals surface area contributed by atoms with Crippen LogP contribution in [0.4, 0.5) is 17.6 Å². The molecule has 2 aromatic carbocycles. The summed E-state index contributed by atoms with van der Waals surface area (Å²) in [5, 5.41) is 1.81. The molecule has 1 saturated heterocycles. The Balaban J connectivity index is 1.38. The van der Waals surface area contributed by atoms with E-state index in [-0.39, 0.29) is 29.7 Å².